The molecule has 0 bridgehead atoms. The van der Waals surface area contributed by atoms with Crippen molar-refractivity contribution in [2.75, 3.05) is 21.3 Å². The quantitative estimate of drug-likeness (QED) is 0.400. The monoisotopic (exact) mass is 434 g/mol. The number of aryl methyl sites for hydroxylation is 1. The summed E-state index contributed by atoms with van der Waals surface area (Å²) in [6.45, 7) is 2.51. The van der Waals surface area contributed by atoms with E-state index in [1.165, 1.54) is 11.8 Å². The Morgan fingerprint density at radius 2 is 1.50 bits per heavy atom. The third-order valence-corrected chi connectivity index (χ3v) is 4.75. The van der Waals surface area contributed by atoms with Crippen LogP contribution in [0.1, 0.15) is 27.0 Å². The Morgan fingerprint density at radius 3 is 2.12 bits per heavy atom. The van der Waals surface area contributed by atoms with E-state index in [4.69, 9.17) is 18.9 Å². The van der Waals surface area contributed by atoms with Crippen molar-refractivity contribution in [1.29, 1.82) is 0 Å². The van der Waals surface area contributed by atoms with Crippen LogP contribution in [0.5, 0.6) is 23.0 Å². The van der Waals surface area contributed by atoms with Gasteiger partial charge in [-0.05, 0) is 42.8 Å². The number of rotatable bonds is 9. The highest BCUT2D eigenvalue weighted by Gasteiger charge is 2.11. The minimum atomic E-state index is -0.342. The van der Waals surface area contributed by atoms with Gasteiger partial charge in [-0.15, -0.1) is 0 Å². The van der Waals surface area contributed by atoms with Crippen molar-refractivity contribution >= 4 is 12.1 Å². The third kappa shape index (κ3) is 5.78. The van der Waals surface area contributed by atoms with Gasteiger partial charge in [-0.2, -0.15) is 5.10 Å². The summed E-state index contributed by atoms with van der Waals surface area (Å²) >= 11 is 0. The summed E-state index contributed by atoms with van der Waals surface area (Å²) in [6, 6.07) is 18.4. The number of amides is 1. The Kier molecular flexibility index (Phi) is 7.70. The molecule has 7 nitrogen and oxygen atoms in total. The van der Waals surface area contributed by atoms with Crippen LogP contribution in [-0.4, -0.2) is 33.5 Å². The average Bonchev–Trinajstić information content (AvgIpc) is 2.83. The molecule has 3 aromatic carbocycles. The molecule has 0 aliphatic rings. The van der Waals surface area contributed by atoms with Crippen molar-refractivity contribution < 1.29 is 23.7 Å². The van der Waals surface area contributed by atoms with Gasteiger partial charge >= 0.3 is 0 Å². The Hall–Kier alpha value is -4.00. The molecule has 0 aliphatic carbocycles. The molecule has 0 saturated carbocycles. The molecule has 166 valence electrons. The molecule has 7 heteroatoms. The fourth-order valence-corrected chi connectivity index (χ4v) is 2.93. The van der Waals surface area contributed by atoms with Crippen molar-refractivity contribution in [2.45, 2.75) is 13.5 Å². The maximum Gasteiger partial charge on any atom is 0.271 e. The van der Waals surface area contributed by atoms with Gasteiger partial charge in [0, 0.05) is 17.2 Å². The molecule has 0 unspecified atom stereocenters. The molecule has 3 rings (SSSR count). The van der Waals surface area contributed by atoms with E-state index < -0.39 is 0 Å². The van der Waals surface area contributed by atoms with Crippen LogP contribution < -0.4 is 24.4 Å². The fraction of sp³-hybridized carbons (Fsp3) is 0.200. The van der Waals surface area contributed by atoms with Crippen molar-refractivity contribution in [2.24, 2.45) is 5.10 Å². The van der Waals surface area contributed by atoms with Crippen molar-refractivity contribution in [1.82, 2.24) is 5.43 Å². The minimum absolute atomic E-state index is 0.342. The summed E-state index contributed by atoms with van der Waals surface area (Å²) < 4.78 is 21.7. The van der Waals surface area contributed by atoms with Gasteiger partial charge in [-0.3, -0.25) is 4.79 Å². The van der Waals surface area contributed by atoms with Crippen LogP contribution in [0.2, 0.25) is 0 Å². The van der Waals surface area contributed by atoms with E-state index in [0.29, 0.717) is 40.7 Å². The topological polar surface area (TPSA) is 78.4 Å². The molecule has 0 spiro atoms. The molecule has 3 aromatic rings. The first-order valence-corrected chi connectivity index (χ1v) is 9.96. The average molecular weight is 434 g/mol. The molecular weight excluding hydrogens is 408 g/mol. The zero-order valence-electron chi connectivity index (χ0n) is 18.5. The van der Waals surface area contributed by atoms with Crippen molar-refractivity contribution in [3.63, 3.8) is 0 Å². The van der Waals surface area contributed by atoms with Gasteiger partial charge < -0.3 is 18.9 Å². The predicted molar refractivity (Wildman–Crippen MR) is 123 cm³/mol. The Balaban J connectivity index is 1.60. The highest BCUT2D eigenvalue weighted by atomic mass is 16.5. The summed E-state index contributed by atoms with van der Waals surface area (Å²) in [5.41, 5.74) is 5.89. The number of hydrogen-bond donors (Lipinski definition) is 1. The normalized spacial score (nSPS) is 10.6. The van der Waals surface area contributed by atoms with E-state index in [9.17, 15) is 4.79 Å². The summed E-state index contributed by atoms with van der Waals surface area (Å²) in [6.07, 6.45) is 1.48. The van der Waals surface area contributed by atoms with Crippen LogP contribution in [0, 0.1) is 6.92 Å². The van der Waals surface area contributed by atoms with E-state index in [2.05, 4.69) is 10.5 Å². The molecule has 0 heterocycles. The highest BCUT2D eigenvalue weighted by Crippen LogP contribution is 2.33. The van der Waals surface area contributed by atoms with Gasteiger partial charge in [-0.1, -0.05) is 29.8 Å². The van der Waals surface area contributed by atoms with Gasteiger partial charge in [0.1, 0.15) is 18.1 Å². The van der Waals surface area contributed by atoms with Gasteiger partial charge in [0.15, 0.2) is 11.5 Å². The second-order valence-corrected chi connectivity index (χ2v) is 6.95. The van der Waals surface area contributed by atoms with E-state index in [0.717, 1.165) is 5.56 Å². The molecule has 1 N–H and O–H groups in total. The first kappa shape index (κ1) is 22.7. The van der Waals surface area contributed by atoms with Crippen LogP contribution in [0.15, 0.2) is 65.8 Å². The number of carbonyl (C=O) groups is 1. The standard InChI is InChI=1S/C25H26N2O5/c1-17-5-7-18(8-6-17)16-32-21-11-9-19(10-12-21)25(28)27-26-15-20-13-23(30-3)24(31-4)14-22(20)29-2/h5-15H,16H2,1-4H3,(H,27,28)/b26-15-. The molecule has 32 heavy (non-hydrogen) atoms. The lowest BCUT2D eigenvalue weighted by Gasteiger charge is -2.11. The zero-order valence-corrected chi connectivity index (χ0v) is 18.5. The smallest absolute Gasteiger partial charge is 0.271 e. The molecule has 1 amide bonds. The van der Waals surface area contributed by atoms with E-state index in [1.54, 1.807) is 57.7 Å². The number of hydrazone groups is 1. The van der Waals surface area contributed by atoms with E-state index in [-0.39, 0.29) is 5.91 Å². The molecule has 0 aliphatic heterocycles. The molecule has 0 atom stereocenters. The second-order valence-electron chi connectivity index (χ2n) is 6.95. The largest absolute Gasteiger partial charge is 0.496 e. The van der Waals surface area contributed by atoms with Crippen molar-refractivity contribution in [3.8, 4) is 23.0 Å². The lowest BCUT2D eigenvalue weighted by Crippen LogP contribution is -2.17. The van der Waals surface area contributed by atoms with Gasteiger partial charge in [0.25, 0.3) is 5.91 Å². The molecular formula is C25H26N2O5. The van der Waals surface area contributed by atoms with Crippen LogP contribution >= 0.6 is 0 Å². The maximum atomic E-state index is 12.4. The van der Waals surface area contributed by atoms with Gasteiger partial charge in [-0.25, -0.2) is 5.43 Å². The zero-order chi connectivity index (χ0) is 22.9. The summed E-state index contributed by atoms with van der Waals surface area (Å²) in [5, 5.41) is 4.03. The predicted octanol–water partition coefficient (Wildman–Crippen LogP) is 4.36. The van der Waals surface area contributed by atoms with Gasteiger partial charge in [0.2, 0.25) is 0 Å². The highest BCUT2D eigenvalue weighted by molar-refractivity contribution is 5.95. The SMILES string of the molecule is COc1cc(OC)c(OC)cc1/C=N\NC(=O)c1ccc(OCc2ccc(C)cc2)cc1. The lowest BCUT2D eigenvalue weighted by atomic mass is 10.2. The number of nitrogens with one attached hydrogen (secondary N) is 1. The van der Waals surface area contributed by atoms with Crippen LogP contribution in [0.25, 0.3) is 0 Å². The first-order valence-electron chi connectivity index (χ1n) is 9.96. The number of hydrogen-bond acceptors (Lipinski definition) is 6. The van der Waals surface area contributed by atoms with E-state index in [1.807, 2.05) is 31.2 Å². The minimum Gasteiger partial charge on any atom is -0.496 e. The number of nitrogens with zero attached hydrogens (tertiary/aromatic N) is 1. The maximum absolute atomic E-state index is 12.4. The molecule has 0 radical (unpaired) electrons. The number of benzene rings is 3. The first-order chi connectivity index (χ1) is 15.5. The third-order valence-electron chi connectivity index (χ3n) is 4.75. The lowest BCUT2D eigenvalue weighted by molar-refractivity contribution is 0.0955. The van der Waals surface area contributed by atoms with E-state index >= 15 is 0 Å². The Bertz CT molecular complexity index is 1080. The van der Waals surface area contributed by atoms with Crippen LogP contribution in [0.4, 0.5) is 0 Å². The summed E-state index contributed by atoms with van der Waals surface area (Å²) in [7, 11) is 4.63. The number of methoxy groups -OCH3 is 3. The Morgan fingerprint density at radius 1 is 0.875 bits per heavy atom. The van der Waals surface area contributed by atoms with Crippen LogP contribution in [-0.2, 0) is 6.61 Å². The van der Waals surface area contributed by atoms with Crippen molar-refractivity contribution in [3.05, 3.63) is 82.9 Å². The molecule has 0 fully saturated rings. The number of ether oxygens (including phenoxy) is 4. The second kappa shape index (κ2) is 10.9. The summed E-state index contributed by atoms with van der Waals surface area (Å²) in [4.78, 5) is 12.4. The fourth-order valence-electron chi connectivity index (χ4n) is 2.93. The van der Waals surface area contributed by atoms with Crippen LogP contribution in [0.3, 0.4) is 0 Å². The Labute approximate surface area is 187 Å². The van der Waals surface area contributed by atoms with Gasteiger partial charge in [0.05, 0.1) is 27.5 Å². The molecule has 0 saturated heterocycles. The summed E-state index contributed by atoms with van der Waals surface area (Å²) in [5.74, 6) is 1.94. The number of carbonyl (C=O) groups excluding carboxylic acids is 1. The molecule has 0 aromatic heterocycles.